The minimum Gasteiger partial charge on any atom is -0.396 e. The number of unbranched alkanes of at least 4 members (excludes halogenated alkanes) is 2. The minimum absolute atomic E-state index is 0.0120. The van der Waals surface area contributed by atoms with E-state index in [1.165, 1.54) is 5.57 Å². The number of aliphatic hydroxyl groups excluding tert-OH is 3. The maximum absolute atomic E-state index is 12.5. The van der Waals surface area contributed by atoms with Gasteiger partial charge in [-0.15, -0.1) is 0 Å². The van der Waals surface area contributed by atoms with Crippen molar-refractivity contribution >= 4 is 6.29 Å². The molecule has 2 rings (SSSR count). The lowest BCUT2D eigenvalue weighted by molar-refractivity contribution is -0.181. The zero-order chi connectivity index (χ0) is 32.0. The highest BCUT2D eigenvalue weighted by atomic mass is 16.3. The van der Waals surface area contributed by atoms with E-state index < -0.39 is 23.2 Å². The van der Waals surface area contributed by atoms with Crippen LogP contribution >= 0.6 is 0 Å². The SMILES string of the molecule is C=C(C=CC=C(C(O)CCCCC)C1CCC2(C(CCCO)C(=C(C)C=O)CCC2(O)CCNC)C1O)CCC=C(C)C. The summed E-state index contributed by atoms with van der Waals surface area (Å²) in [6.07, 6.45) is 16.7. The van der Waals surface area contributed by atoms with E-state index in [2.05, 4.69) is 38.7 Å². The molecule has 0 aromatic carbocycles. The van der Waals surface area contributed by atoms with Crippen LogP contribution in [0, 0.1) is 17.3 Å². The second kappa shape index (κ2) is 18.2. The molecule has 2 aliphatic rings. The van der Waals surface area contributed by atoms with Crippen molar-refractivity contribution in [2.75, 3.05) is 20.2 Å². The molecule has 0 radical (unpaired) electrons. The Morgan fingerprint density at radius 3 is 2.56 bits per heavy atom. The summed E-state index contributed by atoms with van der Waals surface area (Å²) in [4.78, 5) is 12.0. The molecule has 6 unspecified atom stereocenters. The van der Waals surface area contributed by atoms with Crippen LogP contribution in [0.1, 0.15) is 111 Å². The van der Waals surface area contributed by atoms with E-state index in [0.29, 0.717) is 63.5 Å². The topological polar surface area (TPSA) is 110 Å². The summed E-state index contributed by atoms with van der Waals surface area (Å²) < 4.78 is 0. The van der Waals surface area contributed by atoms with Crippen molar-refractivity contribution in [2.24, 2.45) is 17.3 Å². The Kier molecular flexibility index (Phi) is 15.8. The normalized spacial score (nSPS) is 29.7. The molecule has 0 saturated heterocycles. The van der Waals surface area contributed by atoms with Crippen LogP contribution in [-0.4, -0.2) is 64.7 Å². The molecule has 1 spiro atoms. The fraction of sp³-hybridized carbons (Fsp3) is 0.703. The molecule has 0 amide bonds. The number of nitrogens with one attached hydrogen (secondary N) is 1. The molecule has 2 fully saturated rings. The van der Waals surface area contributed by atoms with E-state index in [0.717, 1.165) is 55.1 Å². The highest BCUT2D eigenvalue weighted by Gasteiger charge is 2.65. The highest BCUT2D eigenvalue weighted by molar-refractivity contribution is 5.74. The molecule has 5 N–H and O–H groups in total. The molecule has 2 saturated carbocycles. The largest absolute Gasteiger partial charge is 0.396 e. The van der Waals surface area contributed by atoms with Gasteiger partial charge in [0, 0.05) is 17.9 Å². The van der Waals surface area contributed by atoms with E-state index in [1.807, 2.05) is 32.2 Å². The number of hydrogen-bond acceptors (Lipinski definition) is 6. The van der Waals surface area contributed by atoms with Crippen LogP contribution in [0.3, 0.4) is 0 Å². The zero-order valence-corrected chi connectivity index (χ0v) is 27.7. The fourth-order valence-electron chi connectivity index (χ4n) is 7.81. The number of carbonyl (C=O) groups is 1. The molecule has 2 aliphatic carbocycles. The number of carbonyl (C=O) groups excluding carboxylic acids is 1. The summed E-state index contributed by atoms with van der Waals surface area (Å²) in [6, 6.07) is 0. The number of aliphatic hydroxyl groups is 4. The third-order valence-electron chi connectivity index (χ3n) is 10.2. The van der Waals surface area contributed by atoms with Gasteiger partial charge in [0.2, 0.25) is 0 Å². The monoisotopic (exact) mass is 599 g/mol. The Morgan fingerprint density at radius 2 is 1.93 bits per heavy atom. The van der Waals surface area contributed by atoms with Gasteiger partial charge in [-0.05, 0) is 116 Å². The van der Waals surface area contributed by atoms with Crippen LogP contribution in [0.15, 0.2) is 58.7 Å². The quantitative estimate of drug-likeness (QED) is 0.0404. The molecule has 6 heteroatoms. The van der Waals surface area contributed by atoms with Crippen molar-refractivity contribution in [3.8, 4) is 0 Å². The van der Waals surface area contributed by atoms with E-state index in [9.17, 15) is 25.2 Å². The summed E-state index contributed by atoms with van der Waals surface area (Å²) in [7, 11) is 1.87. The third kappa shape index (κ3) is 9.34. The van der Waals surface area contributed by atoms with Crippen molar-refractivity contribution in [2.45, 2.75) is 129 Å². The smallest absolute Gasteiger partial charge is 0.145 e. The maximum Gasteiger partial charge on any atom is 0.145 e. The third-order valence-corrected chi connectivity index (χ3v) is 10.2. The number of rotatable bonds is 18. The predicted octanol–water partition coefficient (Wildman–Crippen LogP) is 6.51. The van der Waals surface area contributed by atoms with E-state index in [4.69, 9.17) is 0 Å². The molecule has 0 bridgehead atoms. The number of aldehydes is 1. The molecule has 43 heavy (non-hydrogen) atoms. The van der Waals surface area contributed by atoms with E-state index >= 15 is 0 Å². The Balaban J connectivity index is 2.58. The molecule has 0 aliphatic heterocycles. The van der Waals surface area contributed by atoms with Gasteiger partial charge in [0.05, 0.1) is 17.8 Å². The van der Waals surface area contributed by atoms with Gasteiger partial charge in [0.1, 0.15) is 6.29 Å². The van der Waals surface area contributed by atoms with Crippen molar-refractivity contribution in [1.82, 2.24) is 5.32 Å². The van der Waals surface area contributed by atoms with Crippen molar-refractivity contribution < 1.29 is 25.2 Å². The summed E-state index contributed by atoms with van der Waals surface area (Å²) in [5.41, 5.74) is 2.74. The van der Waals surface area contributed by atoms with Gasteiger partial charge >= 0.3 is 0 Å². The molecular formula is C37H61NO5. The zero-order valence-electron chi connectivity index (χ0n) is 27.7. The predicted molar refractivity (Wildman–Crippen MR) is 178 cm³/mol. The van der Waals surface area contributed by atoms with Crippen molar-refractivity contribution in [1.29, 1.82) is 0 Å². The van der Waals surface area contributed by atoms with E-state index in [1.54, 1.807) is 0 Å². The van der Waals surface area contributed by atoms with Crippen LogP contribution in [0.4, 0.5) is 0 Å². The first-order valence-corrected chi connectivity index (χ1v) is 16.7. The van der Waals surface area contributed by atoms with Gasteiger partial charge in [-0.2, -0.15) is 0 Å². The van der Waals surface area contributed by atoms with Gasteiger partial charge in [0.15, 0.2) is 0 Å². The Hall–Kier alpha value is -1.83. The average molecular weight is 600 g/mol. The molecule has 6 nitrogen and oxygen atoms in total. The highest BCUT2D eigenvalue weighted by Crippen LogP contribution is 2.64. The van der Waals surface area contributed by atoms with Crippen LogP contribution in [0.2, 0.25) is 0 Å². The fourth-order valence-corrected chi connectivity index (χ4v) is 7.81. The van der Waals surface area contributed by atoms with Gasteiger partial charge in [-0.25, -0.2) is 0 Å². The van der Waals surface area contributed by atoms with E-state index in [-0.39, 0.29) is 18.4 Å². The van der Waals surface area contributed by atoms with Crippen LogP contribution in [0.25, 0.3) is 0 Å². The molecule has 0 heterocycles. The first-order chi connectivity index (χ1) is 20.5. The molecule has 0 aromatic heterocycles. The summed E-state index contributed by atoms with van der Waals surface area (Å²) in [6.45, 7) is 13.0. The average Bonchev–Trinajstić information content (AvgIpc) is 3.31. The second-order valence-corrected chi connectivity index (χ2v) is 13.3. The molecule has 244 valence electrons. The van der Waals surface area contributed by atoms with Crippen LogP contribution in [0.5, 0.6) is 0 Å². The lowest BCUT2D eigenvalue weighted by Gasteiger charge is -2.57. The summed E-state index contributed by atoms with van der Waals surface area (Å²) >= 11 is 0. The van der Waals surface area contributed by atoms with Crippen LogP contribution < -0.4 is 5.32 Å². The van der Waals surface area contributed by atoms with Crippen molar-refractivity contribution in [3.63, 3.8) is 0 Å². The Labute approximate surface area is 261 Å². The van der Waals surface area contributed by atoms with Crippen LogP contribution in [-0.2, 0) is 4.79 Å². The summed E-state index contributed by atoms with van der Waals surface area (Å²) in [5.74, 6) is -0.557. The molecular weight excluding hydrogens is 538 g/mol. The standard InChI is InChI=1S/C37H61NO5/c1-7-8-9-18-34(41)31(16-11-15-28(4)14-10-13-27(2)3)32-20-22-37(35(32)42)33(17-12-25-39)30(29(5)26-40)19-21-36(37,43)23-24-38-6/h11,13,15-16,26,32-35,38-39,41-43H,4,7-10,12,14,17-25H2,1-3,5-6H3. The maximum atomic E-state index is 12.5. The lowest BCUT2D eigenvalue weighted by atomic mass is 9.51. The van der Waals surface area contributed by atoms with Gasteiger partial charge in [-0.1, -0.05) is 73.8 Å². The lowest BCUT2D eigenvalue weighted by Crippen LogP contribution is -2.61. The first-order valence-electron chi connectivity index (χ1n) is 16.7. The number of allylic oxidation sites excluding steroid dienone is 8. The van der Waals surface area contributed by atoms with Gasteiger partial charge in [-0.3, -0.25) is 4.79 Å². The van der Waals surface area contributed by atoms with Crippen molar-refractivity contribution in [3.05, 3.63) is 58.7 Å². The Morgan fingerprint density at radius 1 is 1.19 bits per heavy atom. The number of hydrogen-bond donors (Lipinski definition) is 5. The minimum atomic E-state index is -1.15. The first kappa shape index (κ1) is 37.4. The second-order valence-electron chi connectivity index (χ2n) is 13.3. The van der Waals surface area contributed by atoms with Gasteiger partial charge in [0.25, 0.3) is 0 Å². The van der Waals surface area contributed by atoms with Gasteiger partial charge < -0.3 is 25.7 Å². The molecule has 6 atom stereocenters. The summed E-state index contributed by atoms with van der Waals surface area (Å²) in [5, 5.41) is 49.4. The Bertz CT molecular complexity index is 1020. The molecule has 0 aromatic rings.